The van der Waals surface area contributed by atoms with Crippen LogP contribution in [0.15, 0.2) is 90.0 Å². The normalized spacial score (nSPS) is 11.2. The molecule has 0 fully saturated rings. The van der Waals surface area contributed by atoms with Crippen molar-refractivity contribution in [3.63, 3.8) is 0 Å². The molecule has 4 rings (SSSR count). The maximum atomic E-state index is 12.7. The number of rotatable bonds is 7. The fourth-order valence-corrected chi connectivity index (χ4v) is 4.84. The maximum absolute atomic E-state index is 12.7. The summed E-state index contributed by atoms with van der Waals surface area (Å²) in [5.74, 6) is 0.439. The molecule has 0 atom stereocenters. The SMILES string of the molecule is COc1cccc(-c2cccc(-c3ccnc(CNC(=O)c4ccc(C)c(S(C)(=O)=O)c4)c3)c2)c1. The molecule has 1 N–H and O–H groups in total. The van der Waals surface area contributed by atoms with Crippen molar-refractivity contribution in [3.8, 4) is 28.0 Å². The van der Waals surface area contributed by atoms with Crippen LogP contribution >= 0.6 is 0 Å². The van der Waals surface area contributed by atoms with Gasteiger partial charge < -0.3 is 10.1 Å². The number of carbonyl (C=O) groups excluding carboxylic acids is 1. The molecule has 0 saturated heterocycles. The van der Waals surface area contributed by atoms with Gasteiger partial charge in [-0.2, -0.15) is 0 Å². The van der Waals surface area contributed by atoms with E-state index in [0.29, 0.717) is 11.3 Å². The minimum absolute atomic E-state index is 0.154. The monoisotopic (exact) mass is 486 g/mol. The molecule has 0 spiro atoms. The number of nitrogens with one attached hydrogen (secondary N) is 1. The van der Waals surface area contributed by atoms with Crippen molar-refractivity contribution in [3.05, 3.63) is 102 Å². The van der Waals surface area contributed by atoms with Gasteiger partial charge in [0.05, 0.1) is 24.2 Å². The standard InChI is InChI=1S/C28H26N2O4S/c1-19-10-11-24(17-27(19)35(3,32)33)28(31)30-18-25-15-23(12-13-29-25)21-7-4-6-20(14-21)22-8-5-9-26(16-22)34-2/h4-17H,18H2,1-3H3,(H,30,31). The third-order valence-corrected chi connectivity index (χ3v) is 6.93. The van der Waals surface area contributed by atoms with Gasteiger partial charge in [0.15, 0.2) is 9.84 Å². The van der Waals surface area contributed by atoms with Crippen LogP contribution in [0.2, 0.25) is 0 Å². The number of ether oxygens (including phenoxy) is 1. The Morgan fingerprint density at radius 2 is 1.54 bits per heavy atom. The average Bonchev–Trinajstić information content (AvgIpc) is 2.87. The van der Waals surface area contributed by atoms with E-state index in [9.17, 15) is 13.2 Å². The number of hydrogen-bond donors (Lipinski definition) is 1. The molecule has 4 aromatic rings. The first kappa shape index (κ1) is 24.2. The molecule has 6 nitrogen and oxygen atoms in total. The summed E-state index contributed by atoms with van der Waals surface area (Å²) in [6.07, 6.45) is 2.85. The number of pyridine rings is 1. The Morgan fingerprint density at radius 3 is 2.23 bits per heavy atom. The zero-order valence-electron chi connectivity index (χ0n) is 19.8. The van der Waals surface area contributed by atoms with Crippen molar-refractivity contribution >= 4 is 15.7 Å². The van der Waals surface area contributed by atoms with Crippen LogP contribution in [0.4, 0.5) is 0 Å². The maximum Gasteiger partial charge on any atom is 0.251 e. The number of sulfone groups is 1. The molecule has 178 valence electrons. The second kappa shape index (κ2) is 10.1. The lowest BCUT2D eigenvalue weighted by Crippen LogP contribution is -2.23. The fraction of sp³-hybridized carbons (Fsp3) is 0.143. The number of carbonyl (C=O) groups is 1. The highest BCUT2D eigenvalue weighted by molar-refractivity contribution is 7.90. The van der Waals surface area contributed by atoms with Crippen LogP contribution in [-0.4, -0.2) is 32.7 Å². The summed E-state index contributed by atoms with van der Waals surface area (Å²) < 4.78 is 29.3. The summed E-state index contributed by atoms with van der Waals surface area (Å²) in [5, 5.41) is 2.83. The highest BCUT2D eigenvalue weighted by Crippen LogP contribution is 2.28. The van der Waals surface area contributed by atoms with Gasteiger partial charge in [0.25, 0.3) is 5.91 Å². The number of nitrogens with zero attached hydrogens (tertiary/aromatic N) is 1. The molecule has 3 aromatic carbocycles. The molecule has 1 heterocycles. The predicted octanol–water partition coefficient (Wildman–Crippen LogP) is 5.07. The third-order valence-electron chi connectivity index (χ3n) is 5.70. The molecule has 1 amide bonds. The lowest BCUT2D eigenvalue weighted by Gasteiger charge is -2.10. The lowest BCUT2D eigenvalue weighted by atomic mass is 9.99. The zero-order valence-corrected chi connectivity index (χ0v) is 20.6. The summed E-state index contributed by atoms with van der Waals surface area (Å²) in [7, 11) is -1.77. The minimum Gasteiger partial charge on any atom is -0.497 e. The van der Waals surface area contributed by atoms with Gasteiger partial charge in [0.2, 0.25) is 0 Å². The molecule has 0 radical (unpaired) electrons. The number of aryl methyl sites for hydroxylation is 1. The van der Waals surface area contributed by atoms with E-state index in [1.165, 1.54) is 6.07 Å². The summed E-state index contributed by atoms with van der Waals surface area (Å²) in [4.78, 5) is 17.2. The van der Waals surface area contributed by atoms with E-state index >= 15 is 0 Å². The first-order valence-electron chi connectivity index (χ1n) is 11.0. The lowest BCUT2D eigenvalue weighted by molar-refractivity contribution is 0.0950. The van der Waals surface area contributed by atoms with Crippen LogP contribution in [-0.2, 0) is 16.4 Å². The van der Waals surface area contributed by atoms with Crippen LogP contribution in [0.1, 0.15) is 21.6 Å². The molecule has 0 aliphatic heterocycles. The second-order valence-corrected chi connectivity index (χ2v) is 10.3. The first-order valence-corrected chi connectivity index (χ1v) is 12.9. The van der Waals surface area contributed by atoms with Crippen molar-refractivity contribution < 1.29 is 17.9 Å². The first-order chi connectivity index (χ1) is 16.7. The number of aromatic nitrogens is 1. The van der Waals surface area contributed by atoms with Crippen molar-refractivity contribution in [2.45, 2.75) is 18.4 Å². The van der Waals surface area contributed by atoms with Gasteiger partial charge in [0.1, 0.15) is 5.75 Å². The van der Waals surface area contributed by atoms with Crippen LogP contribution in [0.3, 0.4) is 0 Å². The zero-order chi connectivity index (χ0) is 25.0. The largest absolute Gasteiger partial charge is 0.497 e. The van der Waals surface area contributed by atoms with Gasteiger partial charge in [-0.3, -0.25) is 9.78 Å². The second-order valence-electron chi connectivity index (χ2n) is 8.28. The van der Waals surface area contributed by atoms with E-state index in [1.54, 1.807) is 32.4 Å². The van der Waals surface area contributed by atoms with Crippen molar-refractivity contribution in [2.75, 3.05) is 13.4 Å². The average molecular weight is 487 g/mol. The quantitative estimate of drug-likeness (QED) is 0.394. The van der Waals surface area contributed by atoms with E-state index in [-0.39, 0.29) is 22.9 Å². The van der Waals surface area contributed by atoms with E-state index in [1.807, 2.05) is 54.6 Å². The summed E-state index contributed by atoms with van der Waals surface area (Å²) in [6, 6.07) is 24.6. The van der Waals surface area contributed by atoms with Crippen molar-refractivity contribution in [1.82, 2.24) is 10.3 Å². The van der Waals surface area contributed by atoms with E-state index in [0.717, 1.165) is 34.3 Å². The smallest absolute Gasteiger partial charge is 0.251 e. The number of benzene rings is 3. The van der Waals surface area contributed by atoms with Gasteiger partial charge in [-0.25, -0.2) is 8.42 Å². The minimum atomic E-state index is -3.42. The Hall–Kier alpha value is -3.97. The summed E-state index contributed by atoms with van der Waals surface area (Å²) in [5.41, 5.74) is 5.71. The van der Waals surface area contributed by atoms with Gasteiger partial charge in [-0.15, -0.1) is 0 Å². The molecule has 0 saturated carbocycles. The Morgan fingerprint density at radius 1 is 0.886 bits per heavy atom. The van der Waals surface area contributed by atoms with E-state index in [4.69, 9.17) is 4.74 Å². The Kier molecular flexibility index (Phi) is 6.98. The highest BCUT2D eigenvalue weighted by Gasteiger charge is 2.15. The molecule has 0 bridgehead atoms. The predicted molar refractivity (Wildman–Crippen MR) is 137 cm³/mol. The number of amides is 1. The number of methoxy groups -OCH3 is 1. The summed E-state index contributed by atoms with van der Waals surface area (Å²) >= 11 is 0. The van der Waals surface area contributed by atoms with E-state index < -0.39 is 9.84 Å². The van der Waals surface area contributed by atoms with Gasteiger partial charge in [-0.05, 0) is 77.2 Å². The van der Waals surface area contributed by atoms with Crippen LogP contribution in [0.5, 0.6) is 5.75 Å². The highest BCUT2D eigenvalue weighted by atomic mass is 32.2. The van der Waals surface area contributed by atoms with Crippen LogP contribution < -0.4 is 10.1 Å². The molecule has 7 heteroatoms. The Balaban J connectivity index is 1.52. The van der Waals surface area contributed by atoms with Gasteiger partial charge in [-0.1, -0.05) is 36.4 Å². The van der Waals surface area contributed by atoms with Gasteiger partial charge >= 0.3 is 0 Å². The van der Waals surface area contributed by atoms with Gasteiger partial charge in [0, 0.05) is 18.0 Å². The van der Waals surface area contributed by atoms with Crippen LogP contribution in [0.25, 0.3) is 22.3 Å². The molecular weight excluding hydrogens is 460 g/mol. The van der Waals surface area contributed by atoms with Crippen LogP contribution in [0, 0.1) is 6.92 Å². The molecule has 1 aromatic heterocycles. The summed E-state index contributed by atoms with van der Waals surface area (Å²) in [6.45, 7) is 1.92. The molecule has 0 unspecified atom stereocenters. The Labute approximate surface area is 205 Å². The molecule has 0 aliphatic carbocycles. The van der Waals surface area contributed by atoms with Crippen molar-refractivity contribution in [2.24, 2.45) is 0 Å². The fourth-order valence-electron chi connectivity index (χ4n) is 3.85. The topological polar surface area (TPSA) is 85.4 Å². The third kappa shape index (κ3) is 5.75. The Bertz CT molecular complexity index is 1500. The van der Waals surface area contributed by atoms with E-state index in [2.05, 4.69) is 16.4 Å². The molecule has 0 aliphatic rings. The molecular formula is C28H26N2O4S. The molecule has 35 heavy (non-hydrogen) atoms. The number of hydrogen-bond acceptors (Lipinski definition) is 5. The van der Waals surface area contributed by atoms with Crippen molar-refractivity contribution in [1.29, 1.82) is 0 Å².